The predicted molar refractivity (Wildman–Crippen MR) is 54.7 cm³/mol. The molecule has 14 heavy (non-hydrogen) atoms. The second kappa shape index (κ2) is 3.35. The van der Waals surface area contributed by atoms with Crippen molar-refractivity contribution in [1.29, 1.82) is 0 Å². The Morgan fingerprint density at radius 1 is 1.57 bits per heavy atom. The van der Waals surface area contributed by atoms with Crippen LogP contribution in [0, 0.1) is 5.82 Å². The molecule has 0 aliphatic carbocycles. The van der Waals surface area contributed by atoms with Gasteiger partial charge in [0, 0.05) is 17.2 Å². The van der Waals surface area contributed by atoms with Crippen molar-refractivity contribution in [2.45, 2.75) is 19.4 Å². The molecule has 1 amide bonds. The summed E-state index contributed by atoms with van der Waals surface area (Å²) in [5.41, 5.74) is 0.958. The summed E-state index contributed by atoms with van der Waals surface area (Å²) < 4.78 is 14.0. The van der Waals surface area contributed by atoms with Crippen LogP contribution in [0.25, 0.3) is 0 Å². The number of carbonyl (C=O) groups is 1. The number of carbonyl (C=O) groups excluding carboxylic acids is 1. The maximum absolute atomic E-state index is 13.6. The van der Waals surface area contributed by atoms with Crippen LogP contribution in [-0.4, -0.2) is 11.9 Å². The average Bonchev–Trinajstić information content (AvgIpc) is 2.12. The third kappa shape index (κ3) is 1.43. The first-order valence-corrected chi connectivity index (χ1v) is 5.16. The molecule has 4 heteroatoms. The van der Waals surface area contributed by atoms with Crippen molar-refractivity contribution in [1.82, 2.24) is 5.32 Å². The Balaban J connectivity index is 2.59. The van der Waals surface area contributed by atoms with Crippen molar-refractivity contribution in [3.05, 3.63) is 33.5 Å². The van der Waals surface area contributed by atoms with Crippen LogP contribution in [0.3, 0.4) is 0 Å². The molecule has 1 aliphatic heterocycles. The lowest BCUT2D eigenvalue weighted by Crippen LogP contribution is -2.39. The fraction of sp³-hybridized carbons (Fsp3) is 0.300. The Morgan fingerprint density at radius 2 is 2.29 bits per heavy atom. The molecule has 2 rings (SSSR count). The molecule has 0 spiro atoms. The van der Waals surface area contributed by atoms with Gasteiger partial charge in [-0.25, -0.2) is 4.39 Å². The summed E-state index contributed by atoms with van der Waals surface area (Å²) in [5, 5.41) is 2.76. The summed E-state index contributed by atoms with van der Waals surface area (Å²) in [6.07, 6.45) is 0.548. The minimum absolute atomic E-state index is 0.00111. The second-order valence-corrected chi connectivity index (χ2v) is 4.32. The number of nitrogens with one attached hydrogen (secondary N) is 1. The van der Waals surface area contributed by atoms with E-state index >= 15 is 0 Å². The molecule has 74 valence electrons. The molecule has 1 unspecified atom stereocenters. The third-order valence-electron chi connectivity index (χ3n) is 2.33. The Labute approximate surface area is 89.6 Å². The van der Waals surface area contributed by atoms with Crippen LogP contribution in [0.5, 0.6) is 0 Å². The van der Waals surface area contributed by atoms with Gasteiger partial charge < -0.3 is 5.32 Å². The van der Waals surface area contributed by atoms with Crippen LogP contribution < -0.4 is 5.32 Å². The smallest absolute Gasteiger partial charge is 0.251 e. The van der Waals surface area contributed by atoms with Crippen LogP contribution in [0.2, 0.25) is 0 Å². The van der Waals surface area contributed by atoms with E-state index in [9.17, 15) is 9.18 Å². The maximum Gasteiger partial charge on any atom is 0.251 e. The summed E-state index contributed by atoms with van der Waals surface area (Å²) in [4.78, 5) is 11.5. The van der Waals surface area contributed by atoms with Gasteiger partial charge in [0.2, 0.25) is 0 Å². The van der Waals surface area contributed by atoms with E-state index < -0.39 is 0 Å². The van der Waals surface area contributed by atoms with Gasteiger partial charge >= 0.3 is 0 Å². The zero-order valence-electron chi connectivity index (χ0n) is 7.60. The highest BCUT2D eigenvalue weighted by atomic mass is 79.9. The lowest BCUT2D eigenvalue weighted by Gasteiger charge is -2.23. The molecule has 1 heterocycles. The number of hydrogen-bond acceptors (Lipinski definition) is 1. The third-order valence-corrected chi connectivity index (χ3v) is 2.94. The Kier molecular flexibility index (Phi) is 2.31. The molecule has 1 atom stereocenters. The number of rotatable bonds is 0. The molecular weight excluding hydrogens is 249 g/mol. The lowest BCUT2D eigenvalue weighted by atomic mass is 9.96. The quantitative estimate of drug-likeness (QED) is 0.759. The first-order valence-electron chi connectivity index (χ1n) is 4.37. The molecule has 0 radical (unpaired) electrons. The largest absolute Gasteiger partial charge is 0.349 e. The summed E-state index contributed by atoms with van der Waals surface area (Å²) in [6.45, 7) is 1.86. The van der Waals surface area contributed by atoms with E-state index in [4.69, 9.17) is 0 Å². The van der Waals surface area contributed by atoms with E-state index in [2.05, 4.69) is 21.2 Å². The van der Waals surface area contributed by atoms with E-state index in [1.165, 1.54) is 0 Å². The van der Waals surface area contributed by atoms with Crippen LogP contribution in [0.4, 0.5) is 4.39 Å². The van der Waals surface area contributed by atoms with Crippen LogP contribution >= 0.6 is 15.9 Å². The number of amides is 1. The zero-order chi connectivity index (χ0) is 10.3. The van der Waals surface area contributed by atoms with Gasteiger partial charge in [0.1, 0.15) is 5.82 Å². The predicted octanol–water partition coefficient (Wildman–Crippen LogP) is 2.26. The lowest BCUT2D eigenvalue weighted by molar-refractivity contribution is 0.0928. The van der Waals surface area contributed by atoms with E-state index in [-0.39, 0.29) is 17.8 Å². The van der Waals surface area contributed by atoms with Crippen LogP contribution in [0.1, 0.15) is 22.8 Å². The maximum atomic E-state index is 13.6. The molecule has 0 bridgehead atoms. The summed E-state index contributed by atoms with van der Waals surface area (Å²) in [5.74, 6) is -0.505. The van der Waals surface area contributed by atoms with Crippen LogP contribution in [-0.2, 0) is 6.42 Å². The van der Waals surface area contributed by atoms with Gasteiger partial charge in [-0.05, 0) is 41.4 Å². The molecule has 1 N–H and O–H groups in total. The highest BCUT2D eigenvalue weighted by molar-refractivity contribution is 9.10. The molecule has 2 nitrogen and oxygen atoms in total. The van der Waals surface area contributed by atoms with Gasteiger partial charge in [-0.15, -0.1) is 0 Å². The van der Waals surface area contributed by atoms with E-state index in [1.54, 1.807) is 12.1 Å². The van der Waals surface area contributed by atoms with Crippen molar-refractivity contribution in [2.75, 3.05) is 0 Å². The second-order valence-electron chi connectivity index (χ2n) is 3.47. The fourth-order valence-electron chi connectivity index (χ4n) is 1.66. The number of hydrogen-bond donors (Lipinski definition) is 1. The van der Waals surface area contributed by atoms with Gasteiger partial charge in [-0.2, -0.15) is 0 Å². The van der Waals surface area contributed by atoms with Gasteiger partial charge in [0.25, 0.3) is 5.91 Å². The van der Waals surface area contributed by atoms with Crippen LogP contribution in [0.15, 0.2) is 16.6 Å². The van der Waals surface area contributed by atoms with Gasteiger partial charge in [0.15, 0.2) is 0 Å². The molecule has 0 fully saturated rings. The SMILES string of the molecule is CC1Cc2c(ccc(Br)c2F)C(=O)N1. The molecule has 0 aromatic heterocycles. The molecule has 1 aromatic carbocycles. The summed E-state index contributed by atoms with van der Waals surface area (Å²) in [6, 6.07) is 3.20. The van der Waals surface area contributed by atoms with Crippen molar-refractivity contribution < 1.29 is 9.18 Å². The standard InChI is InChI=1S/C10H9BrFNO/c1-5-4-7-6(10(14)13-5)2-3-8(11)9(7)12/h2-3,5H,4H2,1H3,(H,13,14). The van der Waals surface area contributed by atoms with Gasteiger partial charge in [0.05, 0.1) is 4.47 Å². The number of benzene rings is 1. The molecule has 0 saturated carbocycles. The van der Waals surface area contributed by atoms with Gasteiger partial charge in [-0.1, -0.05) is 0 Å². The van der Waals surface area contributed by atoms with Gasteiger partial charge in [-0.3, -0.25) is 4.79 Å². The molecule has 0 saturated heterocycles. The first-order chi connectivity index (χ1) is 6.59. The van der Waals surface area contributed by atoms with Crippen molar-refractivity contribution >= 4 is 21.8 Å². The Hall–Kier alpha value is -0.900. The zero-order valence-corrected chi connectivity index (χ0v) is 9.19. The highest BCUT2D eigenvalue weighted by Crippen LogP contribution is 2.25. The molecule has 1 aromatic rings. The van der Waals surface area contributed by atoms with Crippen molar-refractivity contribution in [2.24, 2.45) is 0 Å². The average molecular weight is 258 g/mol. The van der Waals surface area contributed by atoms with E-state index in [0.717, 1.165) is 0 Å². The Morgan fingerprint density at radius 3 is 3.00 bits per heavy atom. The summed E-state index contributed by atoms with van der Waals surface area (Å²) >= 11 is 3.11. The Bertz CT molecular complexity index is 405. The van der Waals surface area contributed by atoms with Crippen molar-refractivity contribution in [3.8, 4) is 0 Å². The highest BCUT2D eigenvalue weighted by Gasteiger charge is 2.24. The van der Waals surface area contributed by atoms with Crippen molar-refractivity contribution in [3.63, 3.8) is 0 Å². The first kappa shape index (κ1) is 9.65. The minimum atomic E-state index is -0.316. The number of fused-ring (bicyclic) bond motifs is 1. The monoisotopic (exact) mass is 257 g/mol. The van der Waals surface area contributed by atoms with E-state index in [0.29, 0.717) is 22.0 Å². The number of halogens is 2. The molecule has 1 aliphatic rings. The molecular formula is C10H9BrFNO. The van der Waals surface area contributed by atoms with E-state index in [1.807, 2.05) is 6.92 Å². The normalized spacial score (nSPS) is 20.2. The fourth-order valence-corrected chi connectivity index (χ4v) is 2.04. The minimum Gasteiger partial charge on any atom is -0.349 e. The topological polar surface area (TPSA) is 29.1 Å². The summed E-state index contributed by atoms with van der Waals surface area (Å²) in [7, 11) is 0.